The second kappa shape index (κ2) is 8.92. The summed E-state index contributed by atoms with van der Waals surface area (Å²) < 4.78 is 113. The Labute approximate surface area is 184 Å². The largest absolute Gasteiger partial charge is 0.497 e. The number of rotatable bonds is 5. The third kappa shape index (κ3) is 5.63. The van der Waals surface area contributed by atoms with Crippen molar-refractivity contribution in [2.24, 2.45) is 0 Å². The first kappa shape index (κ1) is 24.9. The molecule has 1 aliphatic rings. The minimum Gasteiger partial charge on any atom is -0.338 e. The van der Waals surface area contributed by atoms with Gasteiger partial charge in [-0.15, -0.1) is 0 Å². The molecule has 13 heteroatoms. The van der Waals surface area contributed by atoms with E-state index in [-0.39, 0.29) is 24.2 Å². The normalized spacial score (nSPS) is 15.8. The van der Waals surface area contributed by atoms with Crippen LogP contribution in [0.5, 0.6) is 0 Å². The lowest BCUT2D eigenvalue weighted by Crippen LogP contribution is -2.37. The van der Waals surface area contributed by atoms with Gasteiger partial charge < -0.3 is 4.90 Å². The van der Waals surface area contributed by atoms with E-state index in [0.717, 1.165) is 17.8 Å². The first-order valence-electron chi connectivity index (χ1n) is 9.55. The number of hydrogen-bond donors (Lipinski definition) is 0. The number of carbonyl (C=O) groups excluding carboxylic acids is 1. The Morgan fingerprint density at radius 1 is 1.03 bits per heavy atom. The van der Waals surface area contributed by atoms with Gasteiger partial charge in [-0.3, -0.25) is 9.78 Å². The molecule has 1 amide bonds. The Balaban J connectivity index is 1.72. The minimum absolute atomic E-state index is 0.0634. The predicted molar refractivity (Wildman–Crippen MR) is 102 cm³/mol. The van der Waals surface area contributed by atoms with Crippen LogP contribution in [0.1, 0.15) is 40.5 Å². The van der Waals surface area contributed by atoms with Gasteiger partial charge in [0.05, 0.1) is 5.75 Å². The van der Waals surface area contributed by atoms with Crippen LogP contribution in [-0.4, -0.2) is 42.0 Å². The lowest BCUT2D eigenvalue weighted by molar-refractivity contribution is -0.141. The summed E-state index contributed by atoms with van der Waals surface area (Å²) in [5.41, 5.74) is -5.34. The fraction of sp³-hybridized carbons (Fsp3) is 0.400. The summed E-state index contributed by atoms with van der Waals surface area (Å²) in [5, 5.41) is 0. The van der Waals surface area contributed by atoms with Crippen LogP contribution in [0, 0.1) is 0 Å². The van der Waals surface area contributed by atoms with Gasteiger partial charge in [-0.05, 0) is 29.2 Å². The number of nitrogens with zero attached hydrogens (tertiary/aromatic N) is 2. The number of carbonyl (C=O) groups is 1. The summed E-state index contributed by atoms with van der Waals surface area (Å²) in [7, 11) is -5.43. The number of fused-ring (bicyclic) bond motifs is 1. The van der Waals surface area contributed by atoms with Crippen molar-refractivity contribution >= 4 is 15.7 Å². The molecule has 1 aromatic heterocycles. The van der Waals surface area contributed by atoms with Gasteiger partial charge in [-0.2, -0.15) is 26.3 Å². The average molecular weight is 498 g/mol. The molecule has 0 spiro atoms. The molecule has 0 N–H and O–H groups in total. The Bertz CT molecular complexity index is 1130. The summed E-state index contributed by atoms with van der Waals surface area (Å²) in [6, 6.07) is 6.11. The first-order chi connectivity index (χ1) is 15.2. The van der Waals surface area contributed by atoms with E-state index in [1.54, 1.807) is 6.07 Å². The second-order valence-corrected chi connectivity index (χ2v) is 9.55. The predicted octanol–water partition coefficient (Wildman–Crippen LogP) is 4.37. The highest BCUT2D eigenvalue weighted by Gasteiger charge is 2.45. The van der Waals surface area contributed by atoms with Crippen molar-refractivity contribution in [1.29, 1.82) is 0 Å². The van der Waals surface area contributed by atoms with Gasteiger partial charge in [0.1, 0.15) is 5.69 Å². The highest BCUT2D eigenvalue weighted by atomic mass is 32.2. The number of amides is 1. The molecule has 3 rings (SSSR count). The zero-order valence-electron chi connectivity index (χ0n) is 16.8. The van der Waals surface area contributed by atoms with Gasteiger partial charge in [-0.1, -0.05) is 24.3 Å². The van der Waals surface area contributed by atoms with E-state index in [2.05, 4.69) is 4.98 Å². The summed E-state index contributed by atoms with van der Waals surface area (Å²) in [4.78, 5) is 16.7. The van der Waals surface area contributed by atoms with E-state index >= 15 is 0 Å². The molecule has 1 unspecified atom stereocenters. The maximum absolute atomic E-state index is 14.9. The number of halogens is 7. The standard InChI is InChI=1S/C20H17F7N2O3S/c21-18(14-3-4-16(28-10-14)19(22,23)24)13-2-1-12-5-7-29(11-15(12)9-13)17(30)6-8-33(31,32)20(25,26)27/h1-4,9-10,18H,5-8,11H2. The summed E-state index contributed by atoms with van der Waals surface area (Å²) in [6.07, 6.45) is -6.20. The zero-order valence-corrected chi connectivity index (χ0v) is 17.6. The van der Waals surface area contributed by atoms with Crippen molar-refractivity contribution in [3.8, 4) is 0 Å². The fourth-order valence-corrected chi connectivity index (χ4v) is 4.03. The molecule has 0 aliphatic carbocycles. The molecule has 5 nitrogen and oxygen atoms in total. The molecule has 1 aromatic carbocycles. The molecule has 0 saturated carbocycles. The number of alkyl halides is 7. The van der Waals surface area contributed by atoms with Crippen LogP contribution >= 0.6 is 0 Å². The fourth-order valence-electron chi connectivity index (χ4n) is 3.36. The van der Waals surface area contributed by atoms with E-state index in [1.807, 2.05) is 0 Å². The monoisotopic (exact) mass is 498 g/mol. The van der Waals surface area contributed by atoms with Crippen LogP contribution in [0.3, 0.4) is 0 Å². The molecule has 2 aromatic rings. The number of aromatic nitrogens is 1. The SMILES string of the molecule is O=C(CCS(=O)(=O)C(F)(F)F)N1CCc2ccc(C(F)c3ccc(C(F)(F)F)nc3)cc2C1. The molecule has 0 fully saturated rings. The van der Waals surface area contributed by atoms with Gasteiger partial charge in [0, 0.05) is 31.3 Å². The maximum Gasteiger partial charge on any atom is 0.497 e. The Morgan fingerprint density at radius 3 is 2.27 bits per heavy atom. The number of pyridine rings is 1. The highest BCUT2D eigenvalue weighted by Crippen LogP contribution is 2.32. The molecule has 2 heterocycles. The van der Waals surface area contributed by atoms with E-state index in [9.17, 15) is 43.9 Å². The number of sulfone groups is 1. The molecular formula is C20H17F7N2O3S. The van der Waals surface area contributed by atoms with E-state index < -0.39 is 51.5 Å². The van der Waals surface area contributed by atoms with Crippen molar-refractivity contribution < 1.29 is 43.9 Å². The van der Waals surface area contributed by atoms with Gasteiger partial charge in [0.15, 0.2) is 6.17 Å². The molecule has 1 aliphatic heterocycles. The molecule has 33 heavy (non-hydrogen) atoms. The van der Waals surface area contributed by atoms with Crippen molar-refractivity contribution in [3.05, 3.63) is 64.5 Å². The molecule has 0 radical (unpaired) electrons. The Morgan fingerprint density at radius 2 is 1.70 bits per heavy atom. The zero-order chi connectivity index (χ0) is 24.6. The number of benzene rings is 1. The molecule has 0 saturated heterocycles. The molecule has 0 bridgehead atoms. The van der Waals surface area contributed by atoms with Gasteiger partial charge in [0.2, 0.25) is 15.7 Å². The van der Waals surface area contributed by atoms with Gasteiger partial charge in [-0.25, -0.2) is 12.8 Å². The van der Waals surface area contributed by atoms with Crippen molar-refractivity contribution in [2.45, 2.75) is 37.2 Å². The lowest BCUT2D eigenvalue weighted by atomic mass is 9.94. The topological polar surface area (TPSA) is 67.3 Å². The molecular weight excluding hydrogens is 481 g/mol. The van der Waals surface area contributed by atoms with Gasteiger partial charge in [0.25, 0.3) is 0 Å². The second-order valence-electron chi connectivity index (χ2n) is 7.45. The van der Waals surface area contributed by atoms with Crippen LogP contribution in [-0.2, 0) is 33.8 Å². The molecule has 1 atom stereocenters. The van der Waals surface area contributed by atoms with Crippen LogP contribution in [0.4, 0.5) is 30.7 Å². The summed E-state index contributed by atoms with van der Waals surface area (Å²) in [6.45, 7) is 0.0885. The average Bonchev–Trinajstić information content (AvgIpc) is 2.75. The van der Waals surface area contributed by atoms with Crippen molar-refractivity contribution in [2.75, 3.05) is 12.3 Å². The minimum atomic E-state index is -5.44. The van der Waals surface area contributed by atoms with Crippen LogP contribution < -0.4 is 0 Å². The summed E-state index contributed by atoms with van der Waals surface area (Å²) >= 11 is 0. The van der Waals surface area contributed by atoms with Crippen LogP contribution in [0.25, 0.3) is 0 Å². The Kier molecular flexibility index (Phi) is 6.74. The van der Waals surface area contributed by atoms with Crippen LogP contribution in [0.15, 0.2) is 36.5 Å². The van der Waals surface area contributed by atoms with Crippen molar-refractivity contribution in [1.82, 2.24) is 9.88 Å². The first-order valence-corrected chi connectivity index (χ1v) is 11.2. The van der Waals surface area contributed by atoms with E-state index in [4.69, 9.17) is 0 Å². The van der Waals surface area contributed by atoms with Crippen LogP contribution in [0.2, 0.25) is 0 Å². The van der Waals surface area contributed by atoms with Gasteiger partial charge >= 0.3 is 11.7 Å². The summed E-state index contributed by atoms with van der Waals surface area (Å²) in [5.74, 6) is -2.16. The Hall–Kier alpha value is -2.70. The van der Waals surface area contributed by atoms with E-state index in [0.29, 0.717) is 18.1 Å². The lowest BCUT2D eigenvalue weighted by Gasteiger charge is -2.29. The van der Waals surface area contributed by atoms with Crippen molar-refractivity contribution in [3.63, 3.8) is 0 Å². The molecule has 180 valence electrons. The third-order valence-corrected chi connectivity index (χ3v) is 6.64. The van der Waals surface area contributed by atoms with E-state index in [1.165, 1.54) is 17.0 Å². The maximum atomic E-state index is 14.9. The third-order valence-electron chi connectivity index (χ3n) is 5.19. The quantitative estimate of drug-likeness (QED) is 0.575. The highest BCUT2D eigenvalue weighted by molar-refractivity contribution is 7.92. The smallest absolute Gasteiger partial charge is 0.338 e. The number of hydrogen-bond acceptors (Lipinski definition) is 4.